The summed E-state index contributed by atoms with van der Waals surface area (Å²) in [5.74, 6) is 0. The summed E-state index contributed by atoms with van der Waals surface area (Å²) in [7, 11) is 1.71. The summed E-state index contributed by atoms with van der Waals surface area (Å²) in [6, 6.07) is 2.43. The lowest BCUT2D eigenvalue weighted by Crippen LogP contribution is -2.35. The number of pyridine rings is 1. The molecule has 0 aromatic carbocycles. The summed E-state index contributed by atoms with van der Waals surface area (Å²) in [6.45, 7) is 1.74. The number of halogens is 1. The van der Waals surface area contributed by atoms with Gasteiger partial charge in [0.15, 0.2) is 10.8 Å². The zero-order chi connectivity index (χ0) is 15.6. The fourth-order valence-corrected chi connectivity index (χ4v) is 3.94. The van der Waals surface area contributed by atoms with Crippen LogP contribution in [-0.4, -0.2) is 26.5 Å². The third kappa shape index (κ3) is 1.76. The average Bonchev–Trinajstić information content (AvgIpc) is 3.21. The molecular weight excluding hydrogens is 304 g/mol. The smallest absolute Gasteiger partial charge is 0.273 e. The molecule has 116 valence electrons. The summed E-state index contributed by atoms with van der Waals surface area (Å²) in [5, 5.41) is 6.53. The summed E-state index contributed by atoms with van der Waals surface area (Å²) in [6.07, 6.45) is 4.58. The lowest BCUT2D eigenvalue weighted by atomic mass is 10.0. The number of fused-ring (bicyclic) bond motifs is 2. The molecule has 0 bridgehead atoms. The van der Waals surface area contributed by atoms with E-state index in [1.807, 2.05) is 0 Å². The predicted molar refractivity (Wildman–Crippen MR) is 85.3 cm³/mol. The molecule has 22 heavy (non-hydrogen) atoms. The normalized spacial score (nSPS) is 23.7. The van der Waals surface area contributed by atoms with Crippen LogP contribution in [0.1, 0.15) is 31.2 Å². The van der Waals surface area contributed by atoms with Gasteiger partial charge in [0.1, 0.15) is 0 Å². The fraction of sp³-hybridized carbons (Fsp3) is 0.533. The molecule has 1 aliphatic carbocycles. The van der Waals surface area contributed by atoms with E-state index < -0.39 is 0 Å². The Morgan fingerprint density at radius 3 is 2.50 bits per heavy atom. The first-order valence-electron chi connectivity index (χ1n) is 7.58. The third-order valence-corrected chi connectivity index (χ3v) is 5.07. The van der Waals surface area contributed by atoms with Gasteiger partial charge in [0.25, 0.3) is 5.56 Å². The van der Waals surface area contributed by atoms with Gasteiger partial charge in [0.05, 0.1) is 17.5 Å². The number of rotatable bonds is 1. The Morgan fingerprint density at radius 2 is 1.86 bits per heavy atom. The average molecular weight is 321 g/mol. The molecule has 2 aromatic rings. The SMILES string of the molecule is Cc1cc2c(=O)c(Cl)nn(C)c2n(N2C3CCCCC32)c1=O. The van der Waals surface area contributed by atoms with Crippen molar-refractivity contribution in [2.24, 2.45) is 7.05 Å². The highest BCUT2D eigenvalue weighted by atomic mass is 35.5. The largest absolute Gasteiger partial charge is 0.298 e. The minimum atomic E-state index is -0.323. The van der Waals surface area contributed by atoms with Gasteiger partial charge in [-0.15, -0.1) is 0 Å². The Morgan fingerprint density at radius 1 is 1.23 bits per heavy atom. The molecule has 2 unspecified atom stereocenters. The van der Waals surface area contributed by atoms with Gasteiger partial charge in [0, 0.05) is 12.6 Å². The van der Waals surface area contributed by atoms with Crippen molar-refractivity contribution < 1.29 is 0 Å². The minimum Gasteiger partial charge on any atom is -0.298 e. The third-order valence-electron chi connectivity index (χ3n) is 4.82. The maximum Gasteiger partial charge on any atom is 0.273 e. The summed E-state index contributed by atoms with van der Waals surface area (Å²) < 4.78 is 3.18. The highest BCUT2D eigenvalue weighted by Crippen LogP contribution is 2.38. The van der Waals surface area contributed by atoms with Gasteiger partial charge in [-0.3, -0.25) is 14.6 Å². The van der Waals surface area contributed by atoms with Gasteiger partial charge in [-0.2, -0.15) is 5.10 Å². The first kappa shape index (κ1) is 13.8. The van der Waals surface area contributed by atoms with Crippen LogP contribution in [0, 0.1) is 6.92 Å². The number of aryl methyl sites for hydroxylation is 2. The van der Waals surface area contributed by atoms with Crippen molar-refractivity contribution in [3.05, 3.63) is 37.4 Å². The van der Waals surface area contributed by atoms with Gasteiger partial charge in [0.2, 0.25) is 5.43 Å². The lowest BCUT2D eigenvalue weighted by Gasteiger charge is -2.16. The zero-order valence-corrected chi connectivity index (χ0v) is 13.3. The van der Waals surface area contributed by atoms with Crippen LogP contribution in [-0.2, 0) is 7.05 Å². The highest BCUT2D eigenvalue weighted by molar-refractivity contribution is 6.29. The molecule has 2 aromatic heterocycles. The second-order valence-corrected chi connectivity index (χ2v) is 6.58. The molecule has 0 spiro atoms. The molecular formula is C15H17ClN4O2. The van der Waals surface area contributed by atoms with E-state index in [4.69, 9.17) is 11.6 Å². The molecule has 0 amide bonds. The maximum atomic E-state index is 12.7. The molecule has 1 aliphatic heterocycles. The number of aromatic nitrogens is 3. The molecule has 1 saturated carbocycles. The zero-order valence-electron chi connectivity index (χ0n) is 12.5. The van der Waals surface area contributed by atoms with E-state index in [1.165, 1.54) is 17.5 Å². The van der Waals surface area contributed by atoms with Crippen molar-refractivity contribution >= 4 is 22.6 Å². The molecule has 1 saturated heterocycles. The van der Waals surface area contributed by atoms with E-state index in [9.17, 15) is 9.59 Å². The predicted octanol–water partition coefficient (Wildman–Crippen LogP) is 1.32. The Labute approximate surface area is 131 Å². The summed E-state index contributed by atoms with van der Waals surface area (Å²) in [5.41, 5.74) is 0.673. The minimum absolute atomic E-state index is 0.0668. The Bertz CT molecular complexity index is 889. The van der Waals surface area contributed by atoms with Crippen molar-refractivity contribution in [2.45, 2.75) is 44.7 Å². The Balaban J connectivity index is 2.05. The van der Waals surface area contributed by atoms with Crippen LogP contribution < -0.4 is 16.0 Å². The van der Waals surface area contributed by atoms with Crippen LogP contribution in [0.25, 0.3) is 11.0 Å². The van der Waals surface area contributed by atoms with Gasteiger partial charge in [-0.05, 0) is 25.8 Å². The number of nitrogens with zero attached hydrogens (tertiary/aromatic N) is 4. The quantitative estimate of drug-likeness (QED) is 0.744. The van der Waals surface area contributed by atoms with Gasteiger partial charge < -0.3 is 0 Å². The van der Waals surface area contributed by atoms with E-state index in [0.29, 0.717) is 28.7 Å². The second kappa shape index (κ2) is 4.59. The van der Waals surface area contributed by atoms with E-state index in [1.54, 1.807) is 24.7 Å². The highest BCUT2D eigenvalue weighted by Gasteiger charge is 2.50. The molecule has 2 atom stereocenters. The number of hydrogen-bond donors (Lipinski definition) is 0. The van der Waals surface area contributed by atoms with Gasteiger partial charge in [-0.25, -0.2) is 9.36 Å². The van der Waals surface area contributed by atoms with Crippen LogP contribution >= 0.6 is 11.6 Å². The monoisotopic (exact) mass is 320 g/mol. The van der Waals surface area contributed by atoms with E-state index in [-0.39, 0.29) is 16.1 Å². The van der Waals surface area contributed by atoms with Crippen molar-refractivity contribution in [3.8, 4) is 0 Å². The van der Waals surface area contributed by atoms with Gasteiger partial charge in [-0.1, -0.05) is 24.4 Å². The fourth-order valence-electron chi connectivity index (χ4n) is 3.72. The molecule has 0 radical (unpaired) electrons. The number of hydrogen-bond acceptors (Lipinski definition) is 4. The van der Waals surface area contributed by atoms with Crippen LogP contribution in [0.4, 0.5) is 0 Å². The van der Waals surface area contributed by atoms with Crippen molar-refractivity contribution in [2.75, 3.05) is 5.01 Å². The summed E-state index contributed by atoms with van der Waals surface area (Å²) >= 11 is 5.91. The van der Waals surface area contributed by atoms with Crippen LogP contribution in [0.3, 0.4) is 0 Å². The molecule has 2 fully saturated rings. The molecule has 7 heteroatoms. The summed E-state index contributed by atoms with van der Waals surface area (Å²) in [4.78, 5) is 25.0. The first-order valence-corrected chi connectivity index (χ1v) is 7.96. The Kier molecular flexibility index (Phi) is 2.88. The molecule has 6 nitrogen and oxygen atoms in total. The Hall–Kier alpha value is -1.82. The van der Waals surface area contributed by atoms with E-state index in [2.05, 4.69) is 10.1 Å². The maximum absolute atomic E-state index is 12.7. The second-order valence-electron chi connectivity index (χ2n) is 6.22. The van der Waals surface area contributed by atoms with Crippen LogP contribution in [0.5, 0.6) is 0 Å². The lowest BCUT2D eigenvalue weighted by molar-refractivity contribution is 0.571. The van der Waals surface area contributed by atoms with Crippen LogP contribution in [0.2, 0.25) is 5.15 Å². The van der Waals surface area contributed by atoms with E-state index in [0.717, 1.165) is 12.8 Å². The molecule has 3 heterocycles. The van der Waals surface area contributed by atoms with E-state index >= 15 is 0 Å². The van der Waals surface area contributed by atoms with Crippen molar-refractivity contribution in [1.82, 2.24) is 14.5 Å². The molecule has 4 rings (SSSR count). The first-order chi connectivity index (χ1) is 10.5. The van der Waals surface area contributed by atoms with Crippen molar-refractivity contribution in [1.29, 1.82) is 0 Å². The standard InChI is InChI=1S/C15H17ClN4O2/c1-8-7-9-12(21)13(16)17-18(2)14(9)20(15(8)22)19-10-5-3-4-6-11(10)19/h7,10-11H,3-6H2,1-2H3. The van der Waals surface area contributed by atoms with Crippen molar-refractivity contribution in [3.63, 3.8) is 0 Å². The van der Waals surface area contributed by atoms with Crippen LogP contribution in [0.15, 0.2) is 15.7 Å². The topological polar surface area (TPSA) is 59.9 Å². The van der Waals surface area contributed by atoms with Gasteiger partial charge >= 0.3 is 0 Å². The molecule has 0 N–H and O–H groups in total. The molecule has 2 aliphatic rings.